The van der Waals surface area contributed by atoms with Gasteiger partial charge in [-0.2, -0.15) is 0 Å². The maximum Gasteiger partial charge on any atom is 0.410 e. The summed E-state index contributed by atoms with van der Waals surface area (Å²) >= 11 is 3.20. The molecule has 1 unspecified atom stereocenters. The van der Waals surface area contributed by atoms with Gasteiger partial charge in [-0.3, -0.25) is 4.79 Å². The van der Waals surface area contributed by atoms with E-state index in [-0.39, 0.29) is 29.1 Å². The highest BCUT2D eigenvalue weighted by atomic mass is 79.9. The van der Waals surface area contributed by atoms with E-state index in [4.69, 9.17) is 9.47 Å². The molecule has 1 saturated heterocycles. The summed E-state index contributed by atoms with van der Waals surface area (Å²) in [6.45, 7) is 2.08. The zero-order valence-electron chi connectivity index (χ0n) is 20.0. The summed E-state index contributed by atoms with van der Waals surface area (Å²) in [5, 5.41) is 0. The fourth-order valence-corrected chi connectivity index (χ4v) is 5.98. The van der Waals surface area contributed by atoms with Crippen molar-refractivity contribution in [3.63, 3.8) is 0 Å². The fraction of sp³-hybridized carbons (Fsp3) is 0.259. The van der Waals surface area contributed by atoms with E-state index in [1.807, 2.05) is 30.3 Å². The summed E-state index contributed by atoms with van der Waals surface area (Å²) in [6, 6.07) is 22.5. The average Bonchev–Trinajstić information content (AvgIpc) is 3.14. The first-order valence-corrected chi connectivity index (χ1v) is 14.0. The number of hydrogen-bond donors (Lipinski definition) is 1. The van der Waals surface area contributed by atoms with Crippen molar-refractivity contribution in [3.8, 4) is 0 Å². The molecule has 0 spiro atoms. The molecular formula is C27H27BrN2O6S. The number of carbonyl (C=O) groups is 2. The van der Waals surface area contributed by atoms with Gasteiger partial charge in [0.15, 0.2) is 0 Å². The highest BCUT2D eigenvalue weighted by Crippen LogP contribution is 2.21. The summed E-state index contributed by atoms with van der Waals surface area (Å²) in [5.41, 5.74) is 2.09. The van der Waals surface area contributed by atoms with Crippen molar-refractivity contribution in [2.45, 2.75) is 17.9 Å². The van der Waals surface area contributed by atoms with Crippen LogP contribution in [0.5, 0.6) is 0 Å². The topological polar surface area (TPSA) is 102 Å². The molecule has 1 aliphatic rings. The van der Waals surface area contributed by atoms with Gasteiger partial charge in [0.25, 0.3) is 15.9 Å². The van der Waals surface area contributed by atoms with Crippen LogP contribution in [0.3, 0.4) is 0 Å². The second-order valence-corrected chi connectivity index (χ2v) is 11.2. The maximum atomic E-state index is 12.6. The van der Waals surface area contributed by atoms with Gasteiger partial charge in [-0.15, -0.1) is 0 Å². The molecule has 2 amide bonds. The van der Waals surface area contributed by atoms with Crippen LogP contribution in [0.25, 0.3) is 0 Å². The number of nitrogens with zero attached hydrogens (tertiary/aromatic N) is 1. The van der Waals surface area contributed by atoms with Gasteiger partial charge in [0.2, 0.25) is 0 Å². The standard InChI is InChI=1S/C27H27BrN2O6S/c28-24-8-4-5-9-25(24)37(33,34)29-26(31)23-12-10-20(11-13-23)16-22-17-30(14-15-35-18-22)27(32)36-19-21-6-2-1-3-7-21/h1-13,22H,14-19H2,(H,29,31). The quantitative estimate of drug-likeness (QED) is 0.440. The lowest BCUT2D eigenvalue weighted by Gasteiger charge is -2.23. The summed E-state index contributed by atoms with van der Waals surface area (Å²) in [4.78, 5) is 26.9. The normalized spacial score (nSPS) is 16.0. The number of rotatable bonds is 7. The van der Waals surface area contributed by atoms with Crippen molar-refractivity contribution in [3.05, 3.63) is 100 Å². The van der Waals surface area contributed by atoms with Crippen molar-refractivity contribution in [2.24, 2.45) is 5.92 Å². The van der Waals surface area contributed by atoms with Gasteiger partial charge >= 0.3 is 6.09 Å². The van der Waals surface area contributed by atoms with E-state index in [0.29, 0.717) is 37.2 Å². The number of amides is 2. The van der Waals surface area contributed by atoms with Gasteiger partial charge in [-0.1, -0.05) is 54.6 Å². The van der Waals surface area contributed by atoms with Crippen molar-refractivity contribution in [1.29, 1.82) is 0 Å². The summed E-state index contributed by atoms with van der Waals surface area (Å²) in [7, 11) is -4.02. The van der Waals surface area contributed by atoms with E-state index < -0.39 is 15.9 Å². The summed E-state index contributed by atoms with van der Waals surface area (Å²) in [6.07, 6.45) is 0.247. The van der Waals surface area contributed by atoms with Gasteiger partial charge < -0.3 is 14.4 Å². The van der Waals surface area contributed by atoms with Crippen molar-refractivity contribution in [2.75, 3.05) is 26.3 Å². The van der Waals surface area contributed by atoms with Crippen LogP contribution in [0.15, 0.2) is 88.2 Å². The Balaban J connectivity index is 1.34. The molecule has 1 atom stereocenters. The molecule has 0 saturated carbocycles. The Labute approximate surface area is 224 Å². The molecular weight excluding hydrogens is 560 g/mol. The minimum Gasteiger partial charge on any atom is -0.445 e. The molecule has 1 fully saturated rings. The predicted molar refractivity (Wildman–Crippen MR) is 141 cm³/mol. The Kier molecular flexibility index (Phi) is 8.96. The smallest absolute Gasteiger partial charge is 0.410 e. The number of nitrogens with one attached hydrogen (secondary N) is 1. The third-order valence-corrected chi connectivity index (χ3v) is 8.24. The van der Waals surface area contributed by atoms with Crippen LogP contribution in [-0.2, 0) is 32.5 Å². The molecule has 4 rings (SSSR count). The average molecular weight is 587 g/mol. The Morgan fingerprint density at radius 3 is 2.41 bits per heavy atom. The lowest BCUT2D eigenvalue weighted by Crippen LogP contribution is -2.36. The highest BCUT2D eigenvalue weighted by molar-refractivity contribution is 9.10. The molecule has 0 aliphatic carbocycles. The minimum atomic E-state index is -4.02. The first kappa shape index (κ1) is 26.8. The SMILES string of the molecule is O=C(NS(=O)(=O)c1ccccc1Br)c1ccc(CC2COCCN(C(=O)OCc3ccccc3)C2)cc1. The van der Waals surface area contributed by atoms with Crippen LogP contribution in [0.1, 0.15) is 21.5 Å². The van der Waals surface area contributed by atoms with Crippen molar-refractivity contribution >= 4 is 38.0 Å². The zero-order valence-corrected chi connectivity index (χ0v) is 22.4. The maximum absolute atomic E-state index is 12.6. The van der Waals surface area contributed by atoms with Gasteiger partial charge in [-0.25, -0.2) is 17.9 Å². The molecule has 3 aromatic rings. The molecule has 1 N–H and O–H groups in total. The van der Waals surface area contributed by atoms with Crippen LogP contribution < -0.4 is 4.72 Å². The number of halogens is 1. The largest absolute Gasteiger partial charge is 0.445 e. The van der Waals surface area contributed by atoms with E-state index in [1.165, 1.54) is 6.07 Å². The first-order valence-electron chi connectivity index (χ1n) is 11.8. The van der Waals surface area contributed by atoms with Gasteiger partial charge in [0.05, 0.1) is 13.2 Å². The van der Waals surface area contributed by atoms with E-state index in [2.05, 4.69) is 20.7 Å². The second kappa shape index (κ2) is 12.4. The number of ether oxygens (including phenoxy) is 2. The molecule has 3 aromatic carbocycles. The monoisotopic (exact) mass is 586 g/mol. The van der Waals surface area contributed by atoms with Crippen LogP contribution in [0.4, 0.5) is 4.79 Å². The molecule has 0 bridgehead atoms. The van der Waals surface area contributed by atoms with Crippen LogP contribution in [0, 0.1) is 5.92 Å². The predicted octanol–water partition coefficient (Wildman–Crippen LogP) is 4.40. The lowest BCUT2D eigenvalue weighted by atomic mass is 9.98. The first-order chi connectivity index (χ1) is 17.8. The molecule has 10 heteroatoms. The van der Waals surface area contributed by atoms with Crippen LogP contribution in [-0.4, -0.2) is 51.6 Å². The van der Waals surface area contributed by atoms with Crippen LogP contribution in [0.2, 0.25) is 0 Å². The van der Waals surface area contributed by atoms with E-state index in [9.17, 15) is 18.0 Å². The van der Waals surface area contributed by atoms with E-state index in [1.54, 1.807) is 47.4 Å². The molecule has 8 nitrogen and oxygen atoms in total. The fourth-order valence-electron chi connectivity index (χ4n) is 4.00. The third kappa shape index (κ3) is 7.41. The minimum absolute atomic E-state index is 0.0137. The molecule has 0 aromatic heterocycles. The Hall–Kier alpha value is -3.21. The number of hydrogen-bond acceptors (Lipinski definition) is 6. The van der Waals surface area contributed by atoms with Crippen molar-refractivity contribution in [1.82, 2.24) is 9.62 Å². The number of carbonyl (C=O) groups excluding carboxylic acids is 2. The van der Waals surface area contributed by atoms with Gasteiger partial charge in [-0.05, 0) is 57.7 Å². The summed E-state index contributed by atoms with van der Waals surface area (Å²) in [5.74, 6) is -0.672. The highest BCUT2D eigenvalue weighted by Gasteiger charge is 2.24. The Morgan fingerprint density at radius 2 is 1.68 bits per heavy atom. The molecule has 1 heterocycles. The lowest BCUT2D eigenvalue weighted by molar-refractivity contribution is 0.0914. The molecule has 37 heavy (non-hydrogen) atoms. The number of sulfonamides is 1. The van der Waals surface area contributed by atoms with Crippen LogP contribution >= 0.6 is 15.9 Å². The Morgan fingerprint density at radius 1 is 0.973 bits per heavy atom. The molecule has 0 radical (unpaired) electrons. The molecule has 194 valence electrons. The number of benzene rings is 3. The molecule has 1 aliphatic heterocycles. The van der Waals surface area contributed by atoms with Gasteiger partial charge in [0, 0.05) is 29.0 Å². The van der Waals surface area contributed by atoms with Gasteiger partial charge in [0.1, 0.15) is 11.5 Å². The second-order valence-electron chi connectivity index (χ2n) is 8.69. The Bertz CT molecular complexity index is 1330. The van der Waals surface area contributed by atoms with Crippen molar-refractivity contribution < 1.29 is 27.5 Å². The van der Waals surface area contributed by atoms with E-state index in [0.717, 1.165) is 11.1 Å². The zero-order chi connectivity index (χ0) is 26.3. The van der Waals surface area contributed by atoms with E-state index >= 15 is 0 Å². The third-order valence-electron chi connectivity index (χ3n) is 5.89. The summed E-state index contributed by atoms with van der Waals surface area (Å²) < 4.78 is 38.8.